The van der Waals surface area contributed by atoms with Crippen LogP contribution in [0.25, 0.3) is 0 Å². The van der Waals surface area contributed by atoms with Gasteiger partial charge in [0.1, 0.15) is 0 Å². The first-order chi connectivity index (χ1) is 9.49. The Hall–Kier alpha value is -1.46. The van der Waals surface area contributed by atoms with Crippen LogP contribution in [0.3, 0.4) is 0 Å². The summed E-state index contributed by atoms with van der Waals surface area (Å²) >= 11 is 6.06. The SMILES string of the molecule is CCN(CC)CCCNc1c(Cl)cc(N)cc1C(=O)O. The number of hydrogen-bond acceptors (Lipinski definition) is 4. The van der Waals surface area contributed by atoms with Crippen LogP contribution in [-0.4, -0.2) is 42.2 Å². The zero-order valence-electron chi connectivity index (χ0n) is 11.9. The molecule has 1 aromatic carbocycles. The van der Waals surface area contributed by atoms with Crippen molar-refractivity contribution in [3.63, 3.8) is 0 Å². The van der Waals surface area contributed by atoms with E-state index in [2.05, 4.69) is 24.1 Å². The summed E-state index contributed by atoms with van der Waals surface area (Å²) in [4.78, 5) is 13.5. The molecule has 6 heteroatoms. The van der Waals surface area contributed by atoms with E-state index in [1.807, 2.05) is 0 Å². The fourth-order valence-electron chi connectivity index (χ4n) is 2.03. The summed E-state index contributed by atoms with van der Waals surface area (Å²) in [5, 5.41) is 12.6. The van der Waals surface area contributed by atoms with Gasteiger partial charge in [-0.25, -0.2) is 4.79 Å². The maximum Gasteiger partial charge on any atom is 0.337 e. The first-order valence-corrected chi connectivity index (χ1v) is 7.15. The van der Waals surface area contributed by atoms with Crippen molar-refractivity contribution in [2.75, 3.05) is 37.2 Å². The second-order valence-corrected chi connectivity index (χ2v) is 4.94. The highest BCUT2D eigenvalue weighted by atomic mass is 35.5. The number of aromatic carboxylic acids is 1. The van der Waals surface area contributed by atoms with Crippen LogP contribution in [0.5, 0.6) is 0 Å². The van der Waals surface area contributed by atoms with Gasteiger partial charge in [-0.3, -0.25) is 0 Å². The lowest BCUT2D eigenvalue weighted by atomic mass is 10.1. The number of hydrogen-bond donors (Lipinski definition) is 3. The number of nitrogens with one attached hydrogen (secondary N) is 1. The number of carboxylic acid groups (broad SMARTS) is 1. The summed E-state index contributed by atoms with van der Waals surface area (Å²) < 4.78 is 0. The molecule has 0 atom stereocenters. The Kier molecular flexibility index (Phi) is 6.61. The predicted octanol–water partition coefficient (Wildman–Crippen LogP) is 2.76. The maximum absolute atomic E-state index is 11.2. The topological polar surface area (TPSA) is 78.6 Å². The highest BCUT2D eigenvalue weighted by molar-refractivity contribution is 6.34. The lowest BCUT2D eigenvalue weighted by Crippen LogP contribution is -2.25. The van der Waals surface area contributed by atoms with Crippen molar-refractivity contribution in [1.29, 1.82) is 0 Å². The Bertz CT molecular complexity index is 462. The molecule has 0 saturated carbocycles. The van der Waals surface area contributed by atoms with Gasteiger partial charge in [-0.05, 0) is 38.2 Å². The predicted molar refractivity (Wildman–Crippen MR) is 83.7 cm³/mol. The van der Waals surface area contributed by atoms with Crippen LogP contribution in [0.2, 0.25) is 5.02 Å². The molecule has 0 radical (unpaired) electrons. The lowest BCUT2D eigenvalue weighted by Gasteiger charge is -2.18. The molecule has 0 heterocycles. The second-order valence-electron chi connectivity index (χ2n) is 4.54. The van der Waals surface area contributed by atoms with Gasteiger partial charge in [-0.1, -0.05) is 25.4 Å². The number of carboxylic acids is 1. The van der Waals surface area contributed by atoms with E-state index in [9.17, 15) is 9.90 Å². The third-order valence-corrected chi connectivity index (χ3v) is 3.49. The summed E-state index contributed by atoms with van der Waals surface area (Å²) in [6.45, 7) is 7.90. The van der Waals surface area contributed by atoms with Crippen molar-refractivity contribution >= 4 is 28.9 Å². The lowest BCUT2D eigenvalue weighted by molar-refractivity contribution is 0.0698. The number of nitrogens with two attached hydrogens (primary N) is 1. The van der Waals surface area contributed by atoms with E-state index in [4.69, 9.17) is 17.3 Å². The maximum atomic E-state index is 11.2. The Morgan fingerprint density at radius 2 is 2.05 bits per heavy atom. The number of halogens is 1. The summed E-state index contributed by atoms with van der Waals surface area (Å²) in [5.74, 6) is -1.04. The molecule has 0 aromatic heterocycles. The molecule has 0 aliphatic heterocycles. The Balaban J connectivity index is 2.66. The number of carbonyl (C=O) groups is 1. The molecule has 1 rings (SSSR count). The van der Waals surface area contributed by atoms with Crippen LogP contribution in [-0.2, 0) is 0 Å². The molecule has 1 aromatic rings. The molecule has 0 aliphatic carbocycles. The van der Waals surface area contributed by atoms with Gasteiger partial charge in [0.05, 0.1) is 16.3 Å². The molecule has 0 spiro atoms. The van der Waals surface area contributed by atoms with Crippen LogP contribution in [0, 0.1) is 0 Å². The van der Waals surface area contributed by atoms with Crippen molar-refractivity contribution in [3.8, 4) is 0 Å². The minimum absolute atomic E-state index is 0.109. The fourth-order valence-corrected chi connectivity index (χ4v) is 2.33. The first kappa shape index (κ1) is 16.6. The van der Waals surface area contributed by atoms with Gasteiger partial charge in [0, 0.05) is 12.2 Å². The van der Waals surface area contributed by atoms with Crippen molar-refractivity contribution in [3.05, 3.63) is 22.7 Å². The number of nitrogen functional groups attached to an aromatic ring is 1. The van der Waals surface area contributed by atoms with Gasteiger partial charge >= 0.3 is 5.97 Å². The zero-order valence-corrected chi connectivity index (χ0v) is 12.7. The monoisotopic (exact) mass is 299 g/mol. The molecule has 0 saturated heterocycles. The molecule has 0 fully saturated rings. The quantitative estimate of drug-likeness (QED) is 0.508. The fraction of sp³-hybridized carbons (Fsp3) is 0.500. The van der Waals surface area contributed by atoms with E-state index >= 15 is 0 Å². The zero-order chi connectivity index (χ0) is 15.1. The molecule has 0 bridgehead atoms. The van der Waals surface area contributed by atoms with Gasteiger partial charge in [0.2, 0.25) is 0 Å². The summed E-state index contributed by atoms with van der Waals surface area (Å²) in [6, 6.07) is 2.97. The molecule has 0 aliphatic rings. The van der Waals surface area contributed by atoms with E-state index < -0.39 is 5.97 Å². The molecular weight excluding hydrogens is 278 g/mol. The summed E-state index contributed by atoms with van der Waals surface area (Å²) in [7, 11) is 0. The van der Waals surface area contributed by atoms with E-state index in [1.165, 1.54) is 6.07 Å². The molecule has 112 valence electrons. The van der Waals surface area contributed by atoms with Gasteiger partial charge in [0.25, 0.3) is 0 Å². The minimum atomic E-state index is -1.04. The molecule has 20 heavy (non-hydrogen) atoms. The highest BCUT2D eigenvalue weighted by Gasteiger charge is 2.14. The average molecular weight is 300 g/mol. The van der Waals surface area contributed by atoms with Gasteiger partial charge in [-0.2, -0.15) is 0 Å². The molecule has 0 amide bonds. The van der Waals surface area contributed by atoms with Gasteiger partial charge < -0.3 is 21.1 Å². The Morgan fingerprint density at radius 1 is 1.40 bits per heavy atom. The van der Waals surface area contributed by atoms with Crippen molar-refractivity contribution in [2.45, 2.75) is 20.3 Å². The van der Waals surface area contributed by atoms with Gasteiger partial charge in [0.15, 0.2) is 0 Å². The number of benzene rings is 1. The minimum Gasteiger partial charge on any atom is -0.478 e. The van der Waals surface area contributed by atoms with Crippen molar-refractivity contribution < 1.29 is 9.90 Å². The van der Waals surface area contributed by atoms with Crippen LogP contribution >= 0.6 is 11.6 Å². The van der Waals surface area contributed by atoms with Gasteiger partial charge in [-0.15, -0.1) is 0 Å². The largest absolute Gasteiger partial charge is 0.478 e. The van der Waals surface area contributed by atoms with Crippen LogP contribution in [0.4, 0.5) is 11.4 Å². The summed E-state index contributed by atoms with van der Waals surface area (Å²) in [5.41, 5.74) is 6.51. The highest BCUT2D eigenvalue weighted by Crippen LogP contribution is 2.29. The smallest absolute Gasteiger partial charge is 0.337 e. The van der Waals surface area contributed by atoms with E-state index in [0.29, 0.717) is 22.9 Å². The Labute approximate surface area is 124 Å². The van der Waals surface area contributed by atoms with Crippen molar-refractivity contribution in [2.24, 2.45) is 0 Å². The first-order valence-electron chi connectivity index (χ1n) is 6.78. The average Bonchev–Trinajstić information content (AvgIpc) is 2.40. The molecular formula is C14H22ClN3O2. The number of nitrogens with zero attached hydrogens (tertiary/aromatic N) is 1. The molecule has 5 nitrogen and oxygen atoms in total. The molecule has 4 N–H and O–H groups in total. The van der Waals surface area contributed by atoms with Crippen LogP contribution < -0.4 is 11.1 Å². The van der Waals surface area contributed by atoms with Crippen LogP contribution in [0.1, 0.15) is 30.6 Å². The van der Waals surface area contributed by atoms with Crippen LogP contribution in [0.15, 0.2) is 12.1 Å². The third-order valence-electron chi connectivity index (χ3n) is 3.19. The number of anilines is 2. The standard InChI is InChI=1S/C14H22ClN3O2/c1-3-18(4-2)7-5-6-17-13-11(14(19)20)8-10(16)9-12(13)15/h8-9,17H,3-7,16H2,1-2H3,(H,19,20). The van der Waals surface area contributed by atoms with E-state index in [0.717, 1.165) is 26.1 Å². The summed E-state index contributed by atoms with van der Waals surface area (Å²) in [6.07, 6.45) is 0.918. The second kappa shape index (κ2) is 7.97. The van der Waals surface area contributed by atoms with Crippen molar-refractivity contribution in [1.82, 2.24) is 4.90 Å². The molecule has 0 unspecified atom stereocenters. The number of rotatable bonds is 8. The third kappa shape index (κ3) is 4.58. The van der Waals surface area contributed by atoms with E-state index in [-0.39, 0.29) is 5.56 Å². The Morgan fingerprint density at radius 3 is 2.60 bits per heavy atom. The normalized spacial score (nSPS) is 10.8. The van der Waals surface area contributed by atoms with E-state index in [1.54, 1.807) is 6.07 Å².